The van der Waals surface area contributed by atoms with Crippen molar-refractivity contribution in [2.45, 2.75) is 57.2 Å². The van der Waals surface area contributed by atoms with Gasteiger partial charge in [-0.25, -0.2) is 0 Å². The van der Waals surface area contributed by atoms with Crippen molar-refractivity contribution in [3.05, 3.63) is 0 Å². The van der Waals surface area contributed by atoms with Gasteiger partial charge in [-0.05, 0) is 19.3 Å². The lowest BCUT2D eigenvalue weighted by molar-refractivity contribution is -0.142. The van der Waals surface area contributed by atoms with Gasteiger partial charge in [0.25, 0.3) is 0 Å². The summed E-state index contributed by atoms with van der Waals surface area (Å²) in [5.41, 5.74) is 0. The number of hydrogen-bond donors (Lipinski definition) is 1. The summed E-state index contributed by atoms with van der Waals surface area (Å²) >= 11 is 3.48. The van der Waals surface area contributed by atoms with Gasteiger partial charge in [0, 0.05) is 4.83 Å². The predicted molar refractivity (Wildman–Crippen MR) is 62.9 cm³/mol. The van der Waals surface area contributed by atoms with E-state index in [0.29, 0.717) is 4.83 Å². The average Bonchev–Trinajstić information content (AvgIpc) is 2.09. The molecule has 84 valence electrons. The molecule has 0 amide bonds. The molecule has 0 saturated carbocycles. The van der Waals surface area contributed by atoms with Crippen LogP contribution in [0.4, 0.5) is 0 Å². The summed E-state index contributed by atoms with van der Waals surface area (Å²) in [7, 11) is 0. The van der Waals surface area contributed by atoms with Gasteiger partial charge >= 0.3 is 5.97 Å². The molecule has 0 aliphatic rings. The van der Waals surface area contributed by atoms with Crippen molar-refractivity contribution < 1.29 is 9.90 Å². The number of hydrogen-bond acceptors (Lipinski definition) is 1. The summed E-state index contributed by atoms with van der Waals surface area (Å²) in [4.78, 5) is 11.4. The van der Waals surface area contributed by atoms with E-state index < -0.39 is 5.97 Å². The monoisotopic (exact) mass is 264 g/mol. The Morgan fingerprint density at radius 3 is 2.29 bits per heavy atom. The molecule has 2 atom stereocenters. The van der Waals surface area contributed by atoms with Crippen LogP contribution in [-0.4, -0.2) is 15.9 Å². The van der Waals surface area contributed by atoms with E-state index in [9.17, 15) is 4.79 Å². The number of unbranched alkanes of at least 4 members (excludes halogenated alkanes) is 1. The fourth-order valence-electron chi connectivity index (χ4n) is 1.56. The Morgan fingerprint density at radius 1 is 1.29 bits per heavy atom. The van der Waals surface area contributed by atoms with Crippen LogP contribution in [0, 0.1) is 5.92 Å². The number of carbonyl (C=O) groups is 1. The van der Waals surface area contributed by atoms with Gasteiger partial charge in [0.15, 0.2) is 0 Å². The molecule has 0 bridgehead atoms. The first-order valence-corrected chi connectivity index (χ1v) is 6.36. The summed E-state index contributed by atoms with van der Waals surface area (Å²) < 4.78 is 0. The zero-order valence-corrected chi connectivity index (χ0v) is 10.7. The maximum absolute atomic E-state index is 10.8. The first-order chi connectivity index (χ1) is 6.57. The maximum Gasteiger partial charge on any atom is 0.306 e. The van der Waals surface area contributed by atoms with Crippen molar-refractivity contribution >= 4 is 21.9 Å². The summed E-state index contributed by atoms with van der Waals surface area (Å²) in [6.07, 6.45) is 5.92. The number of halogens is 1. The van der Waals surface area contributed by atoms with Crippen LogP contribution in [0.15, 0.2) is 0 Å². The Kier molecular flexibility index (Phi) is 8.24. The summed E-state index contributed by atoms with van der Waals surface area (Å²) in [5.74, 6) is -0.746. The smallest absolute Gasteiger partial charge is 0.306 e. The van der Waals surface area contributed by atoms with Gasteiger partial charge in [-0.15, -0.1) is 0 Å². The average molecular weight is 265 g/mol. The van der Waals surface area contributed by atoms with Crippen LogP contribution in [0.5, 0.6) is 0 Å². The molecule has 0 rings (SSSR count). The number of alkyl halides is 1. The predicted octanol–water partition coefficient (Wildman–Crippen LogP) is 3.83. The van der Waals surface area contributed by atoms with E-state index >= 15 is 0 Å². The number of carboxylic acid groups (broad SMARTS) is 1. The maximum atomic E-state index is 10.8. The third-order valence-electron chi connectivity index (χ3n) is 2.39. The highest BCUT2D eigenvalue weighted by Crippen LogP contribution is 2.17. The second kappa shape index (κ2) is 8.27. The minimum Gasteiger partial charge on any atom is -0.481 e. The second-order valence-corrected chi connectivity index (χ2v) is 5.45. The van der Waals surface area contributed by atoms with Crippen LogP contribution in [0.1, 0.15) is 52.4 Å². The van der Waals surface area contributed by atoms with Crippen molar-refractivity contribution in [1.29, 1.82) is 0 Å². The molecule has 0 aromatic rings. The van der Waals surface area contributed by atoms with Gasteiger partial charge in [-0.3, -0.25) is 4.79 Å². The largest absolute Gasteiger partial charge is 0.481 e. The molecule has 1 N–H and O–H groups in total. The highest BCUT2D eigenvalue weighted by atomic mass is 79.9. The quantitative estimate of drug-likeness (QED) is 0.535. The van der Waals surface area contributed by atoms with E-state index in [-0.39, 0.29) is 5.92 Å². The van der Waals surface area contributed by atoms with Gasteiger partial charge in [-0.1, -0.05) is 49.0 Å². The molecule has 2 unspecified atom stereocenters. The lowest BCUT2D eigenvalue weighted by atomic mass is 9.96. The Labute approximate surface area is 95.2 Å². The van der Waals surface area contributed by atoms with Gasteiger partial charge in [0.05, 0.1) is 5.92 Å². The molecule has 14 heavy (non-hydrogen) atoms. The zero-order valence-electron chi connectivity index (χ0n) is 9.13. The number of rotatable bonds is 8. The summed E-state index contributed by atoms with van der Waals surface area (Å²) in [5, 5.41) is 8.90. The summed E-state index contributed by atoms with van der Waals surface area (Å²) in [6, 6.07) is 0. The molecule has 2 nitrogen and oxygen atoms in total. The van der Waals surface area contributed by atoms with Gasteiger partial charge in [0.2, 0.25) is 0 Å². The highest BCUT2D eigenvalue weighted by molar-refractivity contribution is 9.09. The van der Waals surface area contributed by atoms with E-state index in [1.807, 2.05) is 6.92 Å². The van der Waals surface area contributed by atoms with E-state index in [4.69, 9.17) is 5.11 Å². The molecule has 0 spiro atoms. The standard InChI is InChI=1S/C11H21BrO2/c1-3-6-10(11(13)14)8-5-4-7-9(2)12/h9-10H,3-8H2,1-2H3,(H,13,14). The van der Waals surface area contributed by atoms with Crippen molar-refractivity contribution in [3.63, 3.8) is 0 Å². The SMILES string of the molecule is CCCC(CCCCC(C)Br)C(=O)O. The van der Waals surface area contributed by atoms with Crippen molar-refractivity contribution in [3.8, 4) is 0 Å². The Balaban J connectivity index is 3.56. The third-order valence-corrected chi connectivity index (χ3v) is 2.85. The fourth-order valence-corrected chi connectivity index (χ4v) is 1.88. The molecule has 0 saturated heterocycles. The first-order valence-electron chi connectivity index (χ1n) is 5.44. The molecule has 3 heteroatoms. The van der Waals surface area contributed by atoms with Crippen LogP contribution in [0.3, 0.4) is 0 Å². The van der Waals surface area contributed by atoms with E-state index in [2.05, 4.69) is 22.9 Å². The topological polar surface area (TPSA) is 37.3 Å². The second-order valence-electron chi connectivity index (χ2n) is 3.89. The lowest BCUT2D eigenvalue weighted by Gasteiger charge is -2.10. The Morgan fingerprint density at radius 2 is 1.86 bits per heavy atom. The van der Waals surface area contributed by atoms with Crippen LogP contribution in [0.25, 0.3) is 0 Å². The molecule has 0 aromatic heterocycles. The van der Waals surface area contributed by atoms with Crippen molar-refractivity contribution in [2.75, 3.05) is 0 Å². The highest BCUT2D eigenvalue weighted by Gasteiger charge is 2.15. The van der Waals surface area contributed by atoms with Gasteiger partial charge < -0.3 is 5.11 Å². The van der Waals surface area contributed by atoms with Crippen molar-refractivity contribution in [2.24, 2.45) is 5.92 Å². The molecule has 0 heterocycles. The van der Waals surface area contributed by atoms with Crippen LogP contribution in [-0.2, 0) is 4.79 Å². The molecule has 0 fully saturated rings. The number of carboxylic acids is 1. The Bertz CT molecular complexity index is 157. The third kappa shape index (κ3) is 7.36. The Hall–Kier alpha value is -0.0500. The van der Waals surface area contributed by atoms with Crippen LogP contribution in [0.2, 0.25) is 0 Å². The molecule has 0 aromatic carbocycles. The normalized spacial score (nSPS) is 15.1. The minimum absolute atomic E-state index is 0.120. The first kappa shape index (κ1) is 13.9. The zero-order chi connectivity index (χ0) is 11.0. The van der Waals surface area contributed by atoms with Crippen molar-refractivity contribution in [1.82, 2.24) is 0 Å². The minimum atomic E-state index is -0.626. The van der Waals surface area contributed by atoms with Gasteiger partial charge in [0.1, 0.15) is 0 Å². The van der Waals surface area contributed by atoms with E-state index in [1.165, 1.54) is 0 Å². The van der Waals surface area contributed by atoms with Gasteiger partial charge in [-0.2, -0.15) is 0 Å². The summed E-state index contributed by atoms with van der Waals surface area (Å²) in [6.45, 7) is 4.16. The van der Waals surface area contributed by atoms with Crippen LogP contribution < -0.4 is 0 Å². The molecular weight excluding hydrogens is 244 g/mol. The lowest BCUT2D eigenvalue weighted by Crippen LogP contribution is -2.13. The molecule has 0 aliphatic carbocycles. The fraction of sp³-hybridized carbons (Fsp3) is 0.909. The number of aliphatic carboxylic acids is 1. The molecule has 0 aliphatic heterocycles. The molecular formula is C11H21BrO2. The van der Waals surface area contributed by atoms with E-state index in [0.717, 1.165) is 38.5 Å². The van der Waals surface area contributed by atoms with Crippen LogP contribution >= 0.6 is 15.9 Å². The molecule has 0 radical (unpaired) electrons. The van der Waals surface area contributed by atoms with E-state index in [1.54, 1.807) is 0 Å².